The van der Waals surface area contributed by atoms with Crippen molar-refractivity contribution in [3.8, 4) is 0 Å². The van der Waals surface area contributed by atoms with Gasteiger partial charge in [0.2, 0.25) is 0 Å². The minimum absolute atomic E-state index is 1.10. The zero-order chi connectivity index (χ0) is 11.7. The van der Waals surface area contributed by atoms with Crippen molar-refractivity contribution in [1.29, 1.82) is 0 Å². The van der Waals surface area contributed by atoms with E-state index >= 15 is 0 Å². The standard InChI is InChI=1S/C14H25N/c1-6-12(2)8-7-9-13(3)10-11-14(4)15-5/h6,9H,7-8,10-11H2,1-5H3/b12-6+,13-9+,15-14?. The first-order valence-electron chi connectivity index (χ1n) is 5.79. The number of hydrogen-bond donors (Lipinski definition) is 0. The van der Waals surface area contributed by atoms with Gasteiger partial charge in [-0.3, -0.25) is 4.99 Å². The molecule has 0 aromatic carbocycles. The van der Waals surface area contributed by atoms with Gasteiger partial charge in [0, 0.05) is 12.8 Å². The first-order valence-corrected chi connectivity index (χ1v) is 5.79. The van der Waals surface area contributed by atoms with Gasteiger partial charge in [-0.25, -0.2) is 0 Å². The van der Waals surface area contributed by atoms with E-state index in [0.717, 1.165) is 12.8 Å². The third kappa shape index (κ3) is 8.17. The van der Waals surface area contributed by atoms with Gasteiger partial charge < -0.3 is 0 Å². The van der Waals surface area contributed by atoms with E-state index in [-0.39, 0.29) is 0 Å². The van der Waals surface area contributed by atoms with Crippen LogP contribution in [0.25, 0.3) is 0 Å². The second-order valence-electron chi connectivity index (χ2n) is 4.18. The number of allylic oxidation sites excluding steroid dienone is 4. The molecule has 0 bridgehead atoms. The van der Waals surface area contributed by atoms with Crippen LogP contribution in [0.4, 0.5) is 0 Å². The molecule has 0 amide bonds. The average Bonchev–Trinajstić information content (AvgIpc) is 2.25. The maximum absolute atomic E-state index is 4.16. The Morgan fingerprint density at radius 2 is 1.67 bits per heavy atom. The quantitative estimate of drug-likeness (QED) is 0.447. The molecule has 0 aromatic rings. The highest BCUT2D eigenvalue weighted by atomic mass is 14.7. The molecule has 0 saturated carbocycles. The predicted molar refractivity (Wildman–Crippen MR) is 70.7 cm³/mol. The molecular weight excluding hydrogens is 182 g/mol. The number of hydrogen-bond acceptors (Lipinski definition) is 1. The maximum atomic E-state index is 4.16. The van der Waals surface area contributed by atoms with Crippen LogP contribution in [0.1, 0.15) is 53.4 Å². The van der Waals surface area contributed by atoms with Crippen LogP contribution in [-0.4, -0.2) is 12.8 Å². The smallest absolute Gasteiger partial charge is 0.0276 e. The van der Waals surface area contributed by atoms with Gasteiger partial charge in [-0.2, -0.15) is 0 Å². The summed E-state index contributed by atoms with van der Waals surface area (Å²) in [6.07, 6.45) is 9.16. The zero-order valence-corrected chi connectivity index (χ0v) is 10.9. The van der Waals surface area contributed by atoms with Gasteiger partial charge in [0.05, 0.1) is 0 Å². The lowest BCUT2D eigenvalue weighted by Crippen LogP contribution is -1.91. The molecule has 15 heavy (non-hydrogen) atoms. The van der Waals surface area contributed by atoms with Gasteiger partial charge in [-0.05, 0) is 53.4 Å². The molecule has 0 aliphatic heterocycles. The first kappa shape index (κ1) is 14.2. The normalized spacial score (nSPS) is 14.6. The Morgan fingerprint density at radius 1 is 1.00 bits per heavy atom. The van der Waals surface area contributed by atoms with Gasteiger partial charge in [0.25, 0.3) is 0 Å². The van der Waals surface area contributed by atoms with Crippen molar-refractivity contribution in [3.05, 3.63) is 23.3 Å². The largest absolute Gasteiger partial charge is 0.298 e. The summed E-state index contributed by atoms with van der Waals surface area (Å²) in [7, 11) is 1.86. The van der Waals surface area contributed by atoms with Crippen molar-refractivity contribution in [1.82, 2.24) is 0 Å². The SMILES string of the molecule is C/C=C(\C)CC/C=C(\C)CCC(C)=NC. The van der Waals surface area contributed by atoms with Crippen molar-refractivity contribution < 1.29 is 0 Å². The molecule has 0 unspecified atom stereocenters. The van der Waals surface area contributed by atoms with Crippen molar-refractivity contribution in [2.45, 2.75) is 53.4 Å². The molecule has 0 saturated heterocycles. The molecule has 0 rings (SSSR count). The highest BCUT2D eigenvalue weighted by molar-refractivity contribution is 5.81. The monoisotopic (exact) mass is 207 g/mol. The minimum atomic E-state index is 1.10. The molecule has 0 atom stereocenters. The maximum Gasteiger partial charge on any atom is 0.0276 e. The molecule has 0 aliphatic rings. The second kappa shape index (κ2) is 8.46. The van der Waals surface area contributed by atoms with Crippen molar-refractivity contribution in [2.75, 3.05) is 7.05 Å². The predicted octanol–water partition coefficient (Wildman–Crippen LogP) is 4.55. The zero-order valence-electron chi connectivity index (χ0n) is 10.9. The number of nitrogens with zero attached hydrogens (tertiary/aromatic N) is 1. The third-order valence-electron chi connectivity index (χ3n) is 2.79. The molecule has 0 fully saturated rings. The van der Waals surface area contributed by atoms with Crippen molar-refractivity contribution >= 4 is 5.71 Å². The summed E-state index contributed by atoms with van der Waals surface area (Å²) in [5, 5.41) is 0. The summed E-state index contributed by atoms with van der Waals surface area (Å²) >= 11 is 0. The summed E-state index contributed by atoms with van der Waals surface area (Å²) in [4.78, 5) is 4.16. The van der Waals surface area contributed by atoms with Crippen LogP contribution in [0.3, 0.4) is 0 Å². The van der Waals surface area contributed by atoms with Crippen molar-refractivity contribution in [3.63, 3.8) is 0 Å². The first-order chi connectivity index (χ1) is 7.10. The topological polar surface area (TPSA) is 12.4 Å². The molecule has 0 aromatic heterocycles. The fourth-order valence-corrected chi connectivity index (χ4v) is 1.28. The van der Waals surface area contributed by atoms with Crippen LogP contribution in [0.5, 0.6) is 0 Å². The summed E-state index contributed by atoms with van der Waals surface area (Å²) in [5.74, 6) is 0. The lowest BCUT2D eigenvalue weighted by molar-refractivity contribution is 0.930. The van der Waals surface area contributed by atoms with Gasteiger partial charge in [0.15, 0.2) is 0 Å². The second-order valence-corrected chi connectivity index (χ2v) is 4.18. The Kier molecular flexibility index (Phi) is 7.98. The van der Waals surface area contributed by atoms with Gasteiger partial charge in [0.1, 0.15) is 0 Å². The Morgan fingerprint density at radius 3 is 2.20 bits per heavy atom. The fraction of sp³-hybridized carbons (Fsp3) is 0.643. The molecule has 0 heterocycles. The Hall–Kier alpha value is -0.850. The highest BCUT2D eigenvalue weighted by Crippen LogP contribution is 2.10. The molecule has 0 aliphatic carbocycles. The van der Waals surface area contributed by atoms with Crippen LogP contribution < -0.4 is 0 Å². The summed E-state index contributed by atoms with van der Waals surface area (Å²) in [6.45, 7) is 8.61. The summed E-state index contributed by atoms with van der Waals surface area (Å²) in [5.41, 5.74) is 4.21. The van der Waals surface area contributed by atoms with E-state index in [2.05, 4.69) is 44.8 Å². The Bertz CT molecular complexity index is 257. The van der Waals surface area contributed by atoms with Gasteiger partial charge >= 0.3 is 0 Å². The van der Waals surface area contributed by atoms with Crippen LogP contribution in [0, 0.1) is 0 Å². The Labute approximate surface area is 95.0 Å². The highest BCUT2D eigenvalue weighted by Gasteiger charge is 1.93. The molecule has 0 N–H and O–H groups in total. The lowest BCUT2D eigenvalue weighted by atomic mass is 10.1. The third-order valence-corrected chi connectivity index (χ3v) is 2.79. The van der Waals surface area contributed by atoms with Gasteiger partial charge in [-0.15, -0.1) is 0 Å². The van der Waals surface area contributed by atoms with E-state index in [1.54, 1.807) is 0 Å². The lowest BCUT2D eigenvalue weighted by Gasteiger charge is -2.02. The molecule has 86 valence electrons. The van der Waals surface area contributed by atoms with E-state index in [4.69, 9.17) is 0 Å². The van der Waals surface area contributed by atoms with Crippen molar-refractivity contribution in [2.24, 2.45) is 4.99 Å². The fourth-order valence-electron chi connectivity index (χ4n) is 1.28. The van der Waals surface area contributed by atoms with Gasteiger partial charge in [-0.1, -0.05) is 23.3 Å². The number of aliphatic imine (C=N–C) groups is 1. The Balaban J connectivity index is 3.80. The molecule has 1 nitrogen and oxygen atoms in total. The van der Waals surface area contributed by atoms with E-state index < -0.39 is 0 Å². The molecule has 0 radical (unpaired) electrons. The van der Waals surface area contributed by atoms with E-state index in [9.17, 15) is 0 Å². The molecular formula is C14H25N. The van der Waals surface area contributed by atoms with Crippen LogP contribution in [0.2, 0.25) is 0 Å². The molecule has 0 spiro atoms. The minimum Gasteiger partial charge on any atom is -0.298 e. The summed E-state index contributed by atoms with van der Waals surface area (Å²) in [6, 6.07) is 0. The number of rotatable bonds is 6. The average molecular weight is 207 g/mol. The van der Waals surface area contributed by atoms with E-state index in [0.29, 0.717) is 0 Å². The van der Waals surface area contributed by atoms with E-state index in [1.807, 2.05) is 7.05 Å². The molecule has 1 heteroatoms. The van der Waals surface area contributed by atoms with E-state index in [1.165, 1.54) is 29.7 Å². The van der Waals surface area contributed by atoms with Crippen LogP contribution >= 0.6 is 0 Å². The summed E-state index contributed by atoms with van der Waals surface area (Å²) < 4.78 is 0. The van der Waals surface area contributed by atoms with Crippen LogP contribution in [-0.2, 0) is 0 Å². The van der Waals surface area contributed by atoms with Crippen LogP contribution in [0.15, 0.2) is 28.3 Å².